The van der Waals surface area contributed by atoms with Crippen LogP contribution in [0.3, 0.4) is 0 Å². The molecule has 2 aliphatic heterocycles. The van der Waals surface area contributed by atoms with E-state index in [0.29, 0.717) is 5.92 Å². The third-order valence-electron chi connectivity index (χ3n) is 5.98. The second kappa shape index (κ2) is 7.26. The summed E-state index contributed by atoms with van der Waals surface area (Å²) < 4.78 is 5.77. The van der Waals surface area contributed by atoms with Crippen LogP contribution >= 0.6 is 0 Å². The summed E-state index contributed by atoms with van der Waals surface area (Å²) in [4.78, 5) is 21.7. The van der Waals surface area contributed by atoms with Crippen LogP contribution in [0.15, 0.2) is 36.2 Å². The molecule has 0 radical (unpaired) electrons. The van der Waals surface area contributed by atoms with Crippen LogP contribution in [0.5, 0.6) is 0 Å². The van der Waals surface area contributed by atoms with E-state index < -0.39 is 0 Å². The van der Waals surface area contributed by atoms with Crippen LogP contribution in [0, 0.1) is 5.92 Å². The second-order valence-corrected chi connectivity index (χ2v) is 7.46. The van der Waals surface area contributed by atoms with Gasteiger partial charge in [0.25, 0.3) is 0 Å². The molecule has 1 aromatic rings. The highest BCUT2D eigenvalue weighted by atomic mass is 16.5. The van der Waals surface area contributed by atoms with Gasteiger partial charge in [-0.1, -0.05) is 6.08 Å². The fraction of sp³-hybridized carbons (Fsp3) is 0.600. The molecule has 5 heteroatoms. The van der Waals surface area contributed by atoms with Crippen LogP contribution in [0.4, 0.5) is 0 Å². The van der Waals surface area contributed by atoms with Gasteiger partial charge in [-0.3, -0.25) is 14.7 Å². The molecular formula is C20H27N3O2. The summed E-state index contributed by atoms with van der Waals surface area (Å²) in [6.07, 6.45) is 10.2. The van der Waals surface area contributed by atoms with Crippen molar-refractivity contribution in [2.45, 2.75) is 44.4 Å². The molecule has 0 N–H and O–H groups in total. The Bertz CT molecular complexity index is 646. The van der Waals surface area contributed by atoms with Gasteiger partial charge in [0.1, 0.15) is 0 Å². The number of hydrogen-bond donors (Lipinski definition) is 0. The van der Waals surface area contributed by atoms with Gasteiger partial charge in [-0.05, 0) is 43.4 Å². The molecule has 3 heterocycles. The van der Waals surface area contributed by atoms with Crippen molar-refractivity contribution in [2.75, 3.05) is 26.7 Å². The first-order valence-electron chi connectivity index (χ1n) is 9.40. The van der Waals surface area contributed by atoms with Crippen LogP contribution in [0.1, 0.15) is 31.2 Å². The number of hydrogen-bond acceptors (Lipinski definition) is 4. The van der Waals surface area contributed by atoms with Crippen molar-refractivity contribution in [2.24, 2.45) is 5.92 Å². The van der Waals surface area contributed by atoms with Gasteiger partial charge in [0, 0.05) is 57.2 Å². The molecule has 0 aromatic carbocycles. The molecule has 1 amide bonds. The molecule has 2 saturated heterocycles. The maximum atomic E-state index is 13.0. The molecule has 0 bridgehead atoms. The van der Waals surface area contributed by atoms with Crippen molar-refractivity contribution >= 4 is 5.91 Å². The molecule has 3 atom stereocenters. The van der Waals surface area contributed by atoms with Crippen molar-refractivity contribution < 1.29 is 9.53 Å². The van der Waals surface area contributed by atoms with Gasteiger partial charge in [-0.25, -0.2) is 0 Å². The van der Waals surface area contributed by atoms with E-state index >= 15 is 0 Å². The molecule has 1 aliphatic carbocycles. The predicted molar refractivity (Wildman–Crippen MR) is 95.9 cm³/mol. The Morgan fingerprint density at radius 1 is 1.32 bits per heavy atom. The Kier molecular flexibility index (Phi) is 4.86. The van der Waals surface area contributed by atoms with Gasteiger partial charge >= 0.3 is 0 Å². The minimum absolute atomic E-state index is 0.258. The molecule has 0 unspecified atom stereocenters. The number of ether oxygens (including phenoxy) is 1. The minimum Gasteiger partial charge on any atom is -0.381 e. The van der Waals surface area contributed by atoms with Crippen molar-refractivity contribution in [3.8, 4) is 0 Å². The lowest BCUT2D eigenvalue weighted by molar-refractivity contribution is -0.134. The summed E-state index contributed by atoms with van der Waals surface area (Å²) in [6, 6.07) is 4.42. The monoisotopic (exact) mass is 341 g/mol. The third-order valence-corrected chi connectivity index (χ3v) is 5.98. The number of rotatable bonds is 4. The fourth-order valence-electron chi connectivity index (χ4n) is 4.71. The highest BCUT2D eigenvalue weighted by Gasteiger charge is 2.46. The molecule has 0 saturated carbocycles. The molecule has 0 spiro atoms. The first kappa shape index (κ1) is 16.7. The number of carbonyl (C=O) groups excluding carboxylic acids is 1. The van der Waals surface area contributed by atoms with E-state index in [2.05, 4.69) is 33.0 Å². The summed E-state index contributed by atoms with van der Waals surface area (Å²) in [5.41, 5.74) is 2.31. The highest BCUT2D eigenvalue weighted by molar-refractivity contribution is 5.94. The molecule has 3 aliphatic rings. The summed E-state index contributed by atoms with van der Waals surface area (Å²) in [6.45, 7) is 3.66. The number of nitrogens with zero attached hydrogens (tertiary/aromatic N) is 3. The van der Waals surface area contributed by atoms with Crippen LogP contribution in [-0.4, -0.2) is 59.6 Å². The first-order chi connectivity index (χ1) is 12.3. The maximum absolute atomic E-state index is 13.0. The summed E-state index contributed by atoms with van der Waals surface area (Å²) >= 11 is 0. The molecule has 25 heavy (non-hydrogen) atoms. The van der Waals surface area contributed by atoms with E-state index in [1.165, 1.54) is 5.56 Å². The standard InChI is InChI=1S/C20H27N3O2/c1-25-19-8-11-23(20(24)16-4-2-3-5-16)18-14-22(13-17(18)19)12-15-6-9-21-10-7-15/h4,6-7,9-10,17-19H,2-3,5,8,11-14H2,1H3/t17-,18+,19-/m0/s1. The lowest BCUT2D eigenvalue weighted by Crippen LogP contribution is -2.53. The number of fused-ring (bicyclic) bond motifs is 1. The van der Waals surface area contributed by atoms with Crippen LogP contribution < -0.4 is 0 Å². The number of aromatic nitrogens is 1. The number of methoxy groups -OCH3 is 1. The molecule has 5 nitrogen and oxygen atoms in total. The zero-order valence-corrected chi connectivity index (χ0v) is 14.9. The number of carbonyl (C=O) groups is 1. The largest absolute Gasteiger partial charge is 0.381 e. The van der Waals surface area contributed by atoms with Crippen molar-refractivity contribution in [3.63, 3.8) is 0 Å². The number of pyridine rings is 1. The van der Waals surface area contributed by atoms with Crippen molar-refractivity contribution in [1.29, 1.82) is 0 Å². The van der Waals surface area contributed by atoms with Crippen LogP contribution in [0.25, 0.3) is 0 Å². The van der Waals surface area contributed by atoms with E-state index in [-0.39, 0.29) is 18.1 Å². The summed E-state index contributed by atoms with van der Waals surface area (Å²) in [5.74, 6) is 0.680. The Morgan fingerprint density at radius 2 is 2.16 bits per heavy atom. The number of likely N-dealkylation sites (tertiary alicyclic amines) is 2. The van der Waals surface area contributed by atoms with Gasteiger partial charge in [-0.2, -0.15) is 0 Å². The Labute approximate surface area is 149 Å². The lowest BCUT2D eigenvalue weighted by Gasteiger charge is -2.41. The van der Waals surface area contributed by atoms with E-state index in [1.54, 1.807) is 0 Å². The summed E-state index contributed by atoms with van der Waals surface area (Å²) in [7, 11) is 1.81. The smallest absolute Gasteiger partial charge is 0.249 e. The zero-order chi connectivity index (χ0) is 17.2. The second-order valence-electron chi connectivity index (χ2n) is 7.46. The number of allylic oxidation sites excluding steroid dienone is 1. The zero-order valence-electron chi connectivity index (χ0n) is 14.9. The maximum Gasteiger partial charge on any atom is 0.249 e. The van der Waals surface area contributed by atoms with E-state index in [0.717, 1.165) is 57.4 Å². The highest BCUT2D eigenvalue weighted by Crippen LogP contribution is 2.35. The summed E-state index contributed by atoms with van der Waals surface area (Å²) in [5, 5.41) is 0. The molecule has 1 aromatic heterocycles. The topological polar surface area (TPSA) is 45.7 Å². The average molecular weight is 341 g/mol. The van der Waals surface area contributed by atoms with Crippen molar-refractivity contribution in [1.82, 2.24) is 14.8 Å². The van der Waals surface area contributed by atoms with Gasteiger partial charge in [0.15, 0.2) is 0 Å². The Hall–Kier alpha value is -1.72. The number of amides is 1. The predicted octanol–water partition coefficient (Wildman–Crippen LogP) is 2.24. The lowest BCUT2D eigenvalue weighted by atomic mass is 9.88. The number of piperidine rings is 1. The first-order valence-corrected chi connectivity index (χ1v) is 9.40. The minimum atomic E-state index is 0.258. The van der Waals surface area contributed by atoms with Crippen molar-refractivity contribution in [3.05, 3.63) is 41.7 Å². The van der Waals surface area contributed by atoms with Gasteiger partial charge in [0.05, 0.1) is 12.1 Å². The van der Waals surface area contributed by atoms with Gasteiger partial charge in [-0.15, -0.1) is 0 Å². The Balaban J connectivity index is 1.50. The normalized spacial score (nSPS) is 29.6. The Morgan fingerprint density at radius 3 is 2.88 bits per heavy atom. The van der Waals surface area contributed by atoms with Crippen LogP contribution in [-0.2, 0) is 16.1 Å². The quantitative estimate of drug-likeness (QED) is 0.843. The molecule has 134 valence electrons. The SMILES string of the molecule is CO[C@H]1CCN(C(=O)C2=CCCC2)[C@@H]2CN(Cc3ccncc3)C[C@H]12. The molecular weight excluding hydrogens is 314 g/mol. The van der Waals surface area contributed by atoms with E-state index in [9.17, 15) is 4.79 Å². The third kappa shape index (κ3) is 3.35. The van der Waals surface area contributed by atoms with Crippen LogP contribution in [0.2, 0.25) is 0 Å². The van der Waals surface area contributed by atoms with Gasteiger partial charge in [0.2, 0.25) is 5.91 Å². The fourth-order valence-corrected chi connectivity index (χ4v) is 4.71. The van der Waals surface area contributed by atoms with E-state index in [1.807, 2.05) is 19.5 Å². The average Bonchev–Trinajstić information content (AvgIpc) is 3.31. The molecule has 4 rings (SSSR count). The van der Waals surface area contributed by atoms with Gasteiger partial charge < -0.3 is 9.64 Å². The molecule has 2 fully saturated rings. The van der Waals surface area contributed by atoms with E-state index in [4.69, 9.17) is 4.74 Å².